The van der Waals surface area contributed by atoms with E-state index in [-0.39, 0.29) is 13.2 Å². The first-order chi connectivity index (χ1) is 6.64. The van der Waals surface area contributed by atoms with Gasteiger partial charge in [0.2, 0.25) is 0 Å². The number of rotatable bonds is 7. The molecular weight excluding hydrogens is 182 g/mol. The molecule has 3 N–H and O–H groups in total. The highest BCUT2D eigenvalue weighted by Crippen LogP contribution is 2.40. The van der Waals surface area contributed by atoms with Gasteiger partial charge in [-0.15, -0.1) is 0 Å². The predicted molar refractivity (Wildman–Crippen MR) is 53.0 cm³/mol. The summed E-state index contributed by atoms with van der Waals surface area (Å²) in [4.78, 5) is 11.2. The lowest BCUT2D eigenvalue weighted by molar-refractivity contribution is -0.153. The number of hydrogen-bond donors (Lipinski definition) is 2. The highest BCUT2D eigenvalue weighted by molar-refractivity contribution is 5.75. The van der Waals surface area contributed by atoms with Crippen LogP contribution in [0.15, 0.2) is 0 Å². The van der Waals surface area contributed by atoms with Crippen molar-refractivity contribution in [2.24, 2.45) is 17.1 Å². The molecule has 14 heavy (non-hydrogen) atoms. The van der Waals surface area contributed by atoms with Crippen LogP contribution in [0.5, 0.6) is 0 Å². The molecular formula is C10H19NO3. The summed E-state index contributed by atoms with van der Waals surface area (Å²) in [6.45, 7) is 2.81. The third-order valence-electron chi connectivity index (χ3n) is 2.80. The Morgan fingerprint density at radius 2 is 2.29 bits per heavy atom. The van der Waals surface area contributed by atoms with Crippen molar-refractivity contribution >= 4 is 5.97 Å². The molecule has 0 bridgehead atoms. The maximum atomic E-state index is 11.2. The van der Waals surface area contributed by atoms with E-state index in [0.717, 1.165) is 12.8 Å². The smallest absolute Gasteiger partial charge is 0.313 e. The third kappa shape index (κ3) is 2.69. The maximum absolute atomic E-state index is 11.2. The van der Waals surface area contributed by atoms with Gasteiger partial charge in [0.25, 0.3) is 0 Å². The summed E-state index contributed by atoms with van der Waals surface area (Å²) >= 11 is 0. The number of carbonyl (C=O) groups is 1. The fourth-order valence-corrected chi connectivity index (χ4v) is 1.61. The van der Waals surface area contributed by atoms with Gasteiger partial charge in [0.05, 0.1) is 6.61 Å². The van der Waals surface area contributed by atoms with E-state index in [1.165, 1.54) is 0 Å². The second-order valence-electron chi connectivity index (χ2n) is 4.07. The normalized spacial score (nSPS) is 20.4. The molecule has 1 unspecified atom stereocenters. The summed E-state index contributed by atoms with van der Waals surface area (Å²) in [6, 6.07) is 0. The number of carboxylic acids is 1. The van der Waals surface area contributed by atoms with Gasteiger partial charge < -0.3 is 15.6 Å². The number of hydrogen-bond acceptors (Lipinski definition) is 3. The molecule has 1 aliphatic carbocycles. The molecule has 4 nitrogen and oxygen atoms in total. The Morgan fingerprint density at radius 1 is 1.64 bits per heavy atom. The molecule has 0 aromatic heterocycles. The van der Waals surface area contributed by atoms with Crippen LogP contribution >= 0.6 is 0 Å². The monoisotopic (exact) mass is 201 g/mol. The molecule has 82 valence electrons. The maximum Gasteiger partial charge on any atom is 0.313 e. The van der Waals surface area contributed by atoms with E-state index in [1.54, 1.807) is 0 Å². The van der Waals surface area contributed by atoms with Gasteiger partial charge in [0.15, 0.2) is 0 Å². The third-order valence-corrected chi connectivity index (χ3v) is 2.80. The van der Waals surface area contributed by atoms with Crippen LogP contribution in [-0.2, 0) is 9.53 Å². The first-order valence-electron chi connectivity index (χ1n) is 5.16. The largest absolute Gasteiger partial charge is 0.481 e. The fraction of sp³-hybridized carbons (Fsp3) is 0.900. The fourth-order valence-electron chi connectivity index (χ4n) is 1.61. The van der Waals surface area contributed by atoms with E-state index < -0.39 is 11.4 Å². The van der Waals surface area contributed by atoms with Gasteiger partial charge >= 0.3 is 5.97 Å². The van der Waals surface area contributed by atoms with Crippen LogP contribution in [0.25, 0.3) is 0 Å². The van der Waals surface area contributed by atoms with Crippen molar-refractivity contribution in [3.8, 4) is 0 Å². The molecule has 0 aliphatic heterocycles. The van der Waals surface area contributed by atoms with E-state index in [0.29, 0.717) is 18.9 Å². The summed E-state index contributed by atoms with van der Waals surface area (Å²) in [5.41, 5.74) is 4.71. The minimum absolute atomic E-state index is 0.166. The van der Waals surface area contributed by atoms with Crippen molar-refractivity contribution in [3.63, 3.8) is 0 Å². The zero-order chi connectivity index (χ0) is 10.6. The predicted octanol–water partition coefficient (Wildman–Crippen LogP) is 0.853. The first-order valence-corrected chi connectivity index (χ1v) is 5.16. The van der Waals surface area contributed by atoms with E-state index in [4.69, 9.17) is 15.6 Å². The molecule has 4 heteroatoms. The van der Waals surface area contributed by atoms with Gasteiger partial charge in [0, 0.05) is 13.2 Å². The van der Waals surface area contributed by atoms with Crippen molar-refractivity contribution < 1.29 is 14.6 Å². The highest BCUT2D eigenvalue weighted by atomic mass is 16.5. The minimum Gasteiger partial charge on any atom is -0.481 e. The molecule has 0 amide bonds. The summed E-state index contributed by atoms with van der Waals surface area (Å²) in [7, 11) is 0. The molecule has 1 fully saturated rings. The molecule has 1 saturated carbocycles. The molecule has 0 aromatic rings. The highest BCUT2D eigenvalue weighted by Gasteiger charge is 2.42. The zero-order valence-corrected chi connectivity index (χ0v) is 8.66. The Kier molecular flexibility index (Phi) is 3.89. The Labute approximate surface area is 84.4 Å². The Hall–Kier alpha value is -0.610. The van der Waals surface area contributed by atoms with Crippen LogP contribution in [0.2, 0.25) is 0 Å². The summed E-state index contributed by atoms with van der Waals surface area (Å²) in [6.07, 6.45) is 2.95. The second kappa shape index (κ2) is 4.75. The van der Waals surface area contributed by atoms with Gasteiger partial charge in [-0.2, -0.15) is 0 Å². The van der Waals surface area contributed by atoms with Crippen LogP contribution < -0.4 is 5.73 Å². The number of carboxylic acid groups (broad SMARTS) is 1. The molecule has 0 radical (unpaired) electrons. The number of aliphatic carboxylic acids is 1. The molecule has 1 aliphatic rings. The summed E-state index contributed by atoms with van der Waals surface area (Å²) < 4.78 is 5.22. The average Bonchev–Trinajstić information content (AvgIpc) is 2.95. The van der Waals surface area contributed by atoms with Crippen molar-refractivity contribution in [1.82, 2.24) is 0 Å². The van der Waals surface area contributed by atoms with E-state index in [2.05, 4.69) is 0 Å². The molecule has 0 spiro atoms. The van der Waals surface area contributed by atoms with Gasteiger partial charge in [-0.1, -0.05) is 12.8 Å². The topological polar surface area (TPSA) is 72.5 Å². The second-order valence-corrected chi connectivity index (χ2v) is 4.07. The SMILES string of the molecule is CCOCC(CN)(CC1CC1)C(=O)O. The van der Waals surface area contributed by atoms with E-state index in [1.807, 2.05) is 6.92 Å². The molecule has 1 rings (SSSR count). The van der Waals surface area contributed by atoms with Gasteiger partial charge in [0.1, 0.15) is 5.41 Å². The molecule has 0 saturated heterocycles. The lowest BCUT2D eigenvalue weighted by atomic mass is 9.83. The minimum atomic E-state index is -0.850. The van der Waals surface area contributed by atoms with Crippen LogP contribution in [0.3, 0.4) is 0 Å². The van der Waals surface area contributed by atoms with Gasteiger partial charge in [-0.3, -0.25) is 4.79 Å². The number of ether oxygens (including phenoxy) is 1. The zero-order valence-electron chi connectivity index (χ0n) is 8.66. The van der Waals surface area contributed by atoms with Crippen molar-refractivity contribution in [1.29, 1.82) is 0 Å². The number of nitrogens with two attached hydrogens (primary N) is 1. The van der Waals surface area contributed by atoms with Gasteiger partial charge in [-0.25, -0.2) is 0 Å². The summed E-state index contributed by atoms with van der Waals surface area (Å²) in [5, 5.41) is 9.17. The first kappa shape index (κ1) is 11.5. The van der Waals surface area contributed by atoms with Gasteiger partial charge in [-0.05, 0) is 19.3 Å². The van der Waals surface area contributed by atoms with Crippen LogP contribution in [0, 0.1) is 11.3 Å². The summed E-state index contributed by atoms with van der Waals surface area (Å²) in [5.74, 6) is -0.268. The van der Waals surface area contributed by atoms with Crippen LogP contribution in [0.1, 0.15) is 26.2 Å². The lowest BCUT2D eigenvalue weighted by Gasteiger charge is -2.27. The lowest BCUT2D eigenvalue weighted by Crippen LogP contribution is -2.43. The van der Waals surface area contributed by atoms with Crippen molar-refractivity contribution in [2.45, 2.75) is 26.2 Å². The van der Waals surface area contributed by atoms with Crippen LogP contribution in [-0.4, -0.2) is 30.8 Å². The van der Waals surface area contributed by atoms with Crippen LogP contribution in [0.4, 0.5) is 0 Å². The standard InChI is InChI=1S/C10H19NO3/c1-2-14-7-10(6-11,9(12)13)5-8-3-4-8/h8H,2-7,11H2,1H3,(H,12,13). The van der Waals surface area contributed by atoms with E-state index in [9.17, 15) is 4.79 Å². The Balaban J connectivity index is 2.57. The Bertz CT molecular complexity index is 204. The average molecular weight is 201 g/mol. The van der Waals surface area contributed by atoms with E-state index >= 15 is 0 Å². The molecule has 1 atom stereocenters. The van der Waals surface area contributed by atoms with Crippen molar-refractivity contribution in [3.05, 3.63) is 0 Å². The quantitative estimate of drug-likeness (QED) is 0.640. The molecule has 0 heterocycles. The Morgan fingerprint density at radius 3 is 2.64 bits per heavy atom. The van der Waals surface area contributed by atoms with Crippen molar-refractivity contribution in [2.75, 3.05) is 19.8 Å². The molecule has 0 aromatic carbocycles.